The molecule has 1 heterocycles. The van der Waals surface area contributed by atoms with Gasteiger partial charge >= 0.3 is 0 Å². The lowest BCUT2D eigenvalue weighted by Gasteiger charge is -2.07. The van der Waals surface area contributed by atoms with E-state index >= 15 is 0 Å². The van der Waals surface area contributed by atoms with Gasteiger partial charge in [-0.3, -0.25) is 14.9 Å². The zero-order chi connectivity index (χ0) is 16.1. The van der Waals surface area contributed by atoms with Gasteiger partial charge < -0.3 is 4.79 Å². The van der Waals surface area contributed by atoms with Crippen LogP contribution in [0.3, 0.4) is 0 Å². The fraction of sp³-hybridized carbons (Fsp3) is 0.231. The van der Waals surface area contributed by atoms with E-state index in [-0.39, 0.29) is 18.2 Å². The van der Waals surface area contributed by atoms with E-state index < -0.39 is 18.1 Å². The topological polar surface area (TPSA) is 118 Å². The molecular weight excluding hydrogens is 274 g/mol. The minimum Gasteiger partial charge on any atom is -0.303 e. The van der Waals surface area contributed by atoms with Crippen LogP contribution in [0.2, 0.25) is 0 Å². The summed E-state index contributed by atoms with van der Waals surface area (Å²) in [6.45, 7) is 1.59. The van der Waals surface area contributed by atoms with E-state index in [0.29, 0.717) is 11.1 Å². The molecule has 2 N–H and O–H groups in total. The van der Waals surface area contributed by atoms with Crippen molar-refractivity contribution in [3.63, 3.8) is 0 Å². The number of hydrogen-bond acceptors (Lipinski definition) is 6. The molecule has 8 nitrogen and oxygen atoms in total. The molecular formula is C13H13N5O3. The Morgan fingerprint density at radius 3 is 2.62 bits per heavy atom. The number of carbonyl (C=O) groups is 3. The highest BCUT2D eigenvalue weighted by atomic mass is 16.2. The molecule has 0 spiro atoms. The molecule has 0 bridgehead atoms. The van der Waals surface area contributed by atoms with Crippen molar-refractivity contribution in [1.82, 2.24) is 20.6 Å². The average Bonchev–Trinajstić information content (AvgIpc) is 2.98. The highest BCUT2D eigenvalue weighted by Crippen LogP contribution is 2.13. The number of aromatic nitrogens is 4. The van der Waals surface area contributed by atoms with E-state index in [1.54, 1.807) is 6.92 Å². The molecule has 0 aliphatic carbocycles. The lowest BCUT2D eigenvalue weighted by molar-refractivity contribution is -0.108. The molecule has 2 aromatic rings. The third kappa shape index (κ3) is 3.56. The lowest BCUT2D eigenvalue weighted by atomic mass is 9.96. The number of carbonyl (C=O) groups excluding carboxylic acids is 3. The number of nitrogens with zero attached hydrogens (tertiary/aromatic N) is 3. The summed E-state index contributed by atoms with van der Waals surface area (Å²) in [6.07, 6.45) is -0.907. The van der Waals surface area contributed by atoms with Crippen LogP contribution in [-0.2, 0) is 4.79 Å². The van der Waals surface area contributed by atoms with Gasteiger partial charge in [-0.25, -0.2) is 0 Å². The minimum atomic E-state index is -0.781. The SMILES string of the molecule is [2H]C(=O)CC(C)C(=O)c1ccc(C(=O)Nc2nn[nH]n2)cc1. The van der Waals surface area contributed by atoms with Crippen molar-refractivity contribution in [3.05, 3.63) is 35.4 Å². The first-order valence-electron chi connectivity index (χ1n) is 6.66. The van der Waals surface area contributed by atoms with E-state index in [2.05, 4.69) is 25.9 Å². The summed E-state index contributed by atoms with van der Waals surface area (Å²) in [6, 6.07) is 5.96. The van der Waals surface area contributed by atoms with Crippen LogP contribution in [0.25, 0.3) is 0 Å². The van der Waals surface area contributed by atoms with Crippen LogP contribution in [0.5, 0.6) is 0 Å². The number of anilines is 1. The third-order valence-corrected chi connectivity index (χ3v) is 2.84. The third-order valence-electron chi connectivity index (χ3n) is 2.84. The number of nitrogens with one attached hydrogen (secondary N) is 2. The molecule has 2 rings (SSSR count). The number of Topliss-reactive ketones (excluding diaryl/α,β-unsaturated/α-hetero) is 1. The number of aromatic amines is 1. The minimum absolute atomic E-state index is 0.0488. The summed E-state index contributed by atoms with van der Waals surface area (Å²) in [5.41, 5.74) is 0.704. The van der Waals surface area contributed by atoms with Crippen LogP contribution < -0.4 is 5.32 Å². The normalized spacial score (nSPS) is 12.3. The second-order valence-corrected chi connectivity index (χ2v) is 4.38. The molecule has 0 saturated heterocycles. The summed E-state index contributed by atoms with van der Waals surface area (Å²) < 4.78 is 6.88. The van der Waals surface area contributed by atoms with Gasteiger partial charge in [0.15, 0.2) is 5.78 Å². The van der Waals surface area contributed by atoms with E-state index in [0.717, 1.165) is 0 Å². The maximum Gasteiger partial charge on any atom is 0.270 e. The van der Waals surface area contributed by atoms with Crippen molar-refractivity contribution in [2.24, 2.45) is 5.92 Å². The second kappa shape index (κ2) is 6.51. The van der Waals surface area contributed by atoms with Gasteiger partial charge in [0.25, 0.3) is 11.9 Å². The van der Waals surface area contributed by atoms with Gasteiger partial charge in [-0.2, -0.15) is 5.21 Å². The van der Waals surface area contributed by atoms with Crippen molar-refractivity contribution in [2.45, 2.75) is 13.3 Å². The van der Waals surface area contributed by atoms with Gasteiger partial charge in [-0.05, 0) is 17.3 Å². The first-order chi connectivity index (χ1) is 10.5. The second-order valence-electron chi connectivity index (χ2n) is 4.38. The van der Waals surface area contributed by atoms with Crippen LogP contribution in [0.15, 0.2) is 24.3 Å². The van der Waals surface area contributed by atoms with Gasteiger partial charge in [0.05, 0.1) is 0 Å². The molecule has 8 heteroatoms. The van der Waals surface area contributed by atoms with Crippen molar-refractivity contribution < 1.29 is 15.8 Å². The van der Waals surface area contributed by atoms with Crippen molar-refractivity contribution in [1.29, 1.82) is 0 Å². The Morgan fingerprint density at radius 2 is 2.05 bits per heavy atom. The number of rotatable bonds is 6. The Hall–Kier alpha value is -2.90. The number of tetrazole rings is 1. The van der Waals surface area contributed by atoms with E-state index in [4.69, 9.17) is 1.37 Å². The molecule has 1 atom stereocenters. The molecule has 21 heavy (non-hydrogen) atoms. The maximum absolute atomic E-state index is 12.0. The van der Waals surface area contributed by atoms with Crippen molar-refractivity contribution in [3.8, 4) is 0 Å². The van der Waals surface area contributed by atoms with Gasteiger partial charge in [0.2, 0.25) is 0 Å². The quantitative estimate of drug-likeness (QED) is 0.601. The number of ketones is 1. The zero-order valence-corrected chi connectivity index (χ0v) is 11.2. The van der Waals surface area contributed by atoms with Crippen molar-refractivity contribution in [2.75, 3.05) is 5.32 Å². The Balaban J connectivity index is 2.05. The Kier molecular flexibility index (Phi) is 4.06. The fourth-order valence-corrected chi connectivity index (χ4v) is 1.68. The monoisotopic (exact) mass is 288 g/mol. The predicted octanol–water partition coefficient (Wildman–Crippen LogP) is 0.860. The summed E-state index contributed by atoms with van der Waals surface area (Å²) in [5, 5.41) is 15.1. The van der Waals surface area contributed by atoms with Crippen LogP contribution in [-0.4, -0.2) is 38.6 Å². The first-order valence-corrected chi connectivity index (χ1v) is 6.16. The number of H-pyrrole nitrogens is 1. The van der Waals surface area contributed by atoms with E-state index in [9.17, 15) is 14.4 Å². The highest BCUT2D eigenvalue weighted by molar-refractivity contribution is 6.04. The summed E-state index contributed by atoms with van der Waals surface area (Å²) >= 11 is 0. The largest absolute Gasteiger partial charge is 0.303 e. The van der Waals surface area contributed by atoms with Crippen LogP contribution in [0.4, 0.5) is 5.95 Å². The zero-order valence-electron chi connectivity index (χ0n) is 12.2. The maximum atomic E-state index is 12.0. The summed E-state index contributed by atoms with van der Waals surface area (Å²) in [7, 11) is 0. The summed E-state index contributed by atoms with van der Waals surface area (Å²) in [5.74, 6) is -1.20. The molecule has 1 unspecified atom stereocenters. The molecule has 1 aromatic carbocycles. The molecule has 108 valence electrons. The fourth-order valence-electron chi connectivity index (χ4n) is 1.68. The van der Waals surface area contributed by atoms with Crippen LogP contribution in [0.1, 0.15) is 35.4 Å². The van der Waals surface area contributed by atoms with Gasteiger partial charge in [0, 0.05) is 23.5 Å². The number of hydrogen-bond donors (Lipinski definition) is 2. The number of amides is 1. The smallest absolute Gasteiger partial charge is 0.270 e. The molecule has 0 aliphatic rings. The standard InChI is InChI=1S/C13H13N5O3/c1-8(6-7-19)11(20)9-2-4-10(5-3-9)12(21)14-13-15-17-18-16-13/h2-5,7-8H,6H2,1H3,(H2,14,15,16,17,18,21)/i7D. The molecule has 0 radical (unpaired) electrons. The molecule has 0 fully saturated rings. The Labute approximate surface area is 121 Å². The highest BCUT2D eigenvalue weighted by Gasteiger charge is 2.15. The molecule has 0 saturated carbocycles. The average molecular weight is 288 g/mol. The van der Waals surface area contributed by atoms with Gasteiger partial charge in [-0.1, -0.05) is 24.2 Å². The van der Waals surface area contributed by atoms with E-state index in [1.807, 2.05) is 0 Å². The summed E-state index contributed by atoms with van der Waals surface area (Å²) in [4.78, 5) is 34.7. The molecule has 0 aliphatic heterocycles. The van der Waals surface area contributed by atoms with Gasteiger partial charge in [-0.15, -0.1) is 5.10 Å². The van der Waals surface area contributed by atoms with Gasteiger partial charge in [0.1, 0.15) is 7.63 Å². The van der Waals surface area contributed by atoms with Crippen molar-refractivity contribution >= 4 is 23.9 Å². The molecule has 1 amide bonds. The Morgan fingerprint density at radius 1 is 1.38 bits per heavy atom. The first kappa shape index (κ1) is 13.1. The number of aldehydes is 1. The lowest BCUT2D eigenvalue weighted by Crippen LogP contribution is -2.14. The molecule has 1 aromatic heterocycles. The number of benzene rings is 1. The van der Waals surface area contributed by atoms with Crippen LogP contribution in [0, 0.1) is 5.92 Å². The Bertz CT molecular complexity index is 684. The van der Waals surface area contributed by atoms with Crippen LogP contribution >= 0.6 is 0 Å². The predicted molar refractivity (Wildman–Crippen MR) is 72.7 cm³/mol. The van der Waals surface area contributed by atoms with E-state index in [1.165, 1.54) is 24.3 Å².